The number of carbonyl (C=O) groups is 2. The molecule has 3 heterocycles. The molecule has 1 unspecified atom stereocenters. The van der Waals surface area contributed by atoms with Crippen LogP contribution < -0.4 is 10.2 Å². The Kier molecular flexibility index (Phi) is 6.35. The number of carbonyl (C=O) groups excluding carboxylic acids is 2. The van der Waals surface area contributed by atoms with Crippen LogP contribution in [0.5, 0.6) is 0 Å². The van der Waals surface area contributed by atoms with Gasteiger partial charge in [0.25, 0.3) is 5.91 Å². The molecule has 4 rings (SSSR count). The van der Waals surface area contributed by atoms with Gasteiger partial charge in [0.1, 0.15) is 12.8 Å². The van der Waals surface area contributed by atoms with E-state index in [1.165, 1.54) is 16.7 Å². The number of benzene rings is 1. The molecule has 0 spiro atoms. The van der Waals surface area contributed by atoms with Crippen molar-refractivity contribution in [2.24, 2.45) is 0 Å². The van der Waals surface area contributed by atoms with Crippen LogP contribution in [0.2, 0.25) is 0 Å². The summed E-state index contributed by atoms with van der Waals surface area (Å²) in [7, 11) is 0. The molecule has 156 valence electrons. The number of fused-ring (bicyclic) bond motifs is 1. The standard InChI is InChI=1S/C21H23N5O3S/c22-10-16-12-30-14-26(16)20(27)11-24-21(28)17-5-6-23-19-4-3-15(9-18(17)19)25-7-1-2-8-29-13-25/h3-6,9,16H,1-2,7-8,11-14H2,(H,24,28). The summed E-state index contributed by atoms with van der Waals surface area (Å²) in [6, 6.07) is 9.20. The molecule has 0 radical (unpaired) electrons. The lowest BCUT2D eigenvalue weighted by Crippen LogP contribution is -2.42. The zero-order chi connectivity index (χ0) is 20.9. The van der Waals surface area contributed by atoms with Gasteiger partial charge in [0.05, 0.1) is 29.6 Å². The van der Waals surface area contributed by atoms with E-state index in [0.717, 1.165) is 37.1 Å². The predicted molar refractivity (Wildman–Crippen MR) is 115 cm³/mol. The Balaban J connectivity index is 1.51. The van der Waals surface area contributed by atoms with Crippen molar-refractivity contribution >= 4 is 40.2 Å². The minimum atomic E-state index is -0.431. The highest BCUT2D eigenvalue weighted by Gasteiger charge is 2.29. The van der Waals surface area contributed by atoms with Crippen LogP contribution in [0.3, 0.4) is 0 Å². The highest BCUT2D eigenvalue weighted by atomic mass is 32.2. The minimum absolute atomic E-state index is 0.138. The molecule has 2 fully saturated rings. The third-order valence-electron chi connectivity index (χ3n) is 5.30. The predicted octanol–water partition coefficient (Wildman–Crippen LogP) is 1.96. The van der Waals surface area contributed by atoms with Gasteiger partial charge in [-0.05, 0) is 37.1 Å². The van der Waals surface area contributed by atoms with E-state index in [4.69, 9.17) is 10.00 Å². The van der Waals surface area contributed by atoms with Gasteiger partial charge in [-0.25, -0.2) is 0 Å². The van der Waals surface area contributed by atoms with Crippen molar-refractivity contribution in [3.8, 4) is 6.07 Å². The molecular weight excluding hydrogens is 402 g/mol. The molecule has 9 heteroatoms. The first kappa shape index (κ1) is 20.4. The Morgan fingerprint density at radius 1 is 1.33 bits per heavy atom. The maximum absolute atomic E-state index is 12.9. The molecule has 8 nitrogen and oxygen atoms in total. The number of nitriles is 1. The number of hydrogen-bond acceptors (Lipinski definition) is 7. The lowest BCUT2D eigenvalue weighted by atomic mass is 10.1. The first-order chi connectivity index (χ1) is 14.7. The fourth-order valence-corrected chi connectivity index (χ4v) is 4.73. The summed E-state index contributed by atoms with van der Waals surface area (Å²) in [5.74, 6) is 0.502. The Morgan fingerprint density at radius 3 is 3.10 bits per heavy atom. The van der Waals surface area contributed by atoms with E-state index in [2.05, 4.69) is 21.3 Å². The zero-order valence-electron chi connectivity index (χ0n) is 16.5. The second-order valence-corrected chi connectivity index (χ2v) is 8.26. The molecule has 2 amide bonds. The monoisotopic (exact) mass is 425 g/mol. The Labute approximate surface area is 179 Å². The van der Waals surface area contributed by atoms with Crippen LogP contribution in [-0.4, -0.2) is 65.8 Å². The second-order valence-electron chi connectivity index (χ2n) is 7.26. The number of anilines is 1. The highest BCUT2D eigenvalue weighted by molar-refractivity contribution is 7.99. The number of nitrogens with one attached hydrogen (secondary N) is 1. The summed E-state index contributed by atoms with van der Waals surface area (Å²) in [6.07, 6.45) is 3.69. The third kappa shape index (κ3) is 4.35. The number of ether oxygens (including phenoxy) is 1. The molecular formula is C21H23N5O3S. The molecule has 0 aliphatic carbocycles. The molecule has 30 heavy (non-hydrogen) atoms. The molecule has 1 aromatic carbocycles. The van der Waals surface area contributed by atoms with Crippen LogP contribution in [0.4, 0.5) is 5.69 Å². The summed E-state index contributed by atoms with van der Waals surface area (Å²) in [5.41, 5.74) is 2.17. The number of hydrogen-bond donors (Lipinski definition) is 1. The number of thioether (sulfide) groups is 1. The first-order valence-corrected chi connectivity index (χ1v) is 11.1. The van der Waals surface area contributed by atoms with Gasteiger partial charge in [0, 0.05) is 36.2 Å². The zero-order valence-corrected chi connectivity index (χ0v) is 17.4. The fraction of sp³-hybridized carbons (Fsp3) is 0.429. The maximum Gasteiger partial charge on any atom is 0.252 e. The van der Waals surface area contributed by atoms with Crippen molar-refractivity contribution in [2.75, 3.05) is 43.0 Å². The van der Waals surface area contributed by atoms with Crippen molar-refractivity contribution in [2.45, 2.75) is 18.9 Å². The van der Waals surface area contributed by atoms with E-state index >= 15 is 0 Å². The lowest BCUT2D eigenvalue weighted by Gasteiger charge is -2.22. The summed E-state index contributed by atoms with van der Waals surface area (Å²) in [4.78, 5) is 33.3. The molecule has 2 aliphatic rings. The fourth-order valence-electron chi connectivity index (χ4n) is 3.63. The average Bonchev–Trinajstić information content (AvgIpc) is 3.10. The summed E-state index contributed by atoms with van der Waals surface area (Å²) in [6.45, 7) is 2.04. The van der Waals surface area contributed by atoms with Crippen molar-refractivity contribution in [1.82, 2.24) is 15.2 Å². The van der Waals surface area contributed by atoms with Crippen LogP contribution in [0.25, 0.3) is 10.9 Å². The molecule has 2 aliphatic heterocycles. The van der Waals surface area contributed by atoms with Gasteiger partial charge < -0.3 is 19.9 Å². The molecule has 1 atom stereocenters. The van der Waals surface area contributed by atoms with E-state index < -0.39 is 6.04 Å². The third-order valence-corrected chi connectivity index (χ3v) is 6.31. The van der Waals surface area contributed by atoms with Gasteiger partial charge in [-0.15, -0.1) is 11.8 Å². The quantitative estimate of drug-likeness (QED) is 0.799. The number of pyridine rings is 1. The van der Waals surface area contributed by atoms with Crippen molar-refractivity contribution in [3.05, 3.63) is 36.0 Å². The van der Waals surface area contributed by atoms with Crippen LogP contribution in [-0.2, 0) is 9.53 Å². The van der Waals surface area contributed by atoms with Crippen LogP contribution in [0, 0.1) is 11.3 Å². The first-order valence-electron chi connectivity index (χ1n) is 9.94. The van der Waals surface area contributed by atoms with Crippen molar-refractivity contribution in [1.29, 1.82) is 5.26 Å². The summed E-state index contributed by atoms with van der Waals surface area (Å²) < 4.78 is 5.65. The molecule has 2 aromatic rings. The number of amides is 2. The lowest BCUT2D eigenvalue weighted by molar-refractivity contribution is -0.129. The van der Waals surface area contributed by atoms with Gasteiger partial charge >= 0.3 is 0 Å². The topological polar surface area (TPSA) is 98.6 Å². The van der Waals surface area contributed by atoms with Gasteiger partial charge in [-0.2, -0.15) is 5.26 Å². The van der Waals surface area contributed by atoms with Gasteiger partial charge in [0.15, 0.2) is 0 Å². The molecule has 1 aromatic heterocycles. The molecule has 0 saturated carbocycles. The van der Waals surface area contributed by atoms with Gasteiger partial charge in [0.2, 0.25) is 5.91 Å². The van der Waals surface area contributed by atoms with Crippen LogP contribution in [0.15, 0.2) is 30.5 Å². The van der Waals surface area contributed by atoms with E-state index in [9.17, 15) is 9.59 Å². The average molecular weight is 426 g/mol. The number of rotatable bonds is 4. The SMILES string of the molecule is N#CC1CSCN1C(=O)CNC(=O)c1ccnc2ccc(N3CCCCOC3)cc12. The van der Waals surface area contributed by atoms with Gasteiger partial charge in [-0.1, -0.05) is 0 Å². The Hall–Kier alpha value is -2.83. The molecule has 1 N–H and O–H groups in total. The Morgan fingerprint density at radius 2 is 2.23 bits per heavy atom. The maximum atomic E-state index is 12.9. The number of nitrogens with zero attached hydrogens (tertiary/aromatic N) is 4. The number of aromatic nitrogens is 1. The Bertz CT molecular complexity index is 984. The second kappa shape index (κ2) is 9.32. The summed E-state index contributed by atoms with van der Waals surface area (Å²) >= 11 is 1.54. The van der Waals surface area contributed by atoms with Crippen molar-refractivity contribution in [3.63, 3.8) is 0 Å². The summed E-state index contributed by atoms with van der Waals surface area (Å²) in [5, 5.41) is 12.6. The van der Waals surface area contributed by atoms with E-state index in [1.807, 2.05) is 18.2 Å². The normalized spacial score (nSPS) is 19.4. The van der Waals surface area contributed by atoms with Crippen LogP contribution >= 0.6 is 11.8 Å². The van der Waals surface area contributed by atoms with E-state index in [1.54, 1.807) is 12.3 Å². The van der Waals surface area contributed by atoms with E-state index in [-0.39, 0.29) is 18.4 Å². The minimum Gasteiger partial charge on any atom is -0.361 e. The van der Waals surface area contributed by atoms with Crippen LogP contribution in [0.1, 0.15) is 23.2 Å². The highest BCUT2D eigenvalue weighted by Crippen LogP contribution is 2.25. The van der Waals surface area contributed by atoms with Gasteiger partial charge in [-0.3, -0.25) is 14.6 Å². The van der Waals surface area contributed by atoms with Crippen molar-refractivity contribution < 1.29 is 14.3 Å². The van der Waals surface area contributed by atoms with E-state index in [0.29, 0.717) is 29.4 Å². The smallest absolute Gasteiger partial charge is 0.252 e. The molecule has 0 bridgehead atoms. The largest absolute Gasteiger partial charge is 0.361 e. The molecule has 2 saturated heterocycles.